The van der Waals surface area contributed by atoms with Crippen molar-refractivity contribution in [3.63, 3.8) is 0 Å². The van der Waals surface area contributed by atoms with E-state index in [1.807, 2.05) is 12.1 Å². The molecule has 0 spiro atoms. The maximum atomic E-state index is 6.05. The molecule has 0 saturated carbocycles. The van der Waals surface area contributed by atoms with E-state index < -0.39 is 5.54 Å². The molecule has 0 saturated heterocycles. The van der Waals surface area contributed by atoms with Crippen LogP contribution in [0.2, 0.25) is 0 Å². The number of benzene rings is 1. The Morgan fingerprint density at radius 1 is 1.38 bits per heavy atom. The van der Waals surface area contributed by atoms with Gasteiger partial charge in [0.25, 0.3) is 0 Å². The van der Waals surface area contributed by atoms with Gasteiger partial charge in [-0.2, -0.15) is 4.98 Å². The normalized spacial score (nSPS) is 24.4. The molecule has 0 radical (unpaired) electrons. The zero-order chi connectivity index (χ0) is 18.1. The van der Waals surface area contributed by atoms with Gasteiger partial charge in [-0.1, -0.05) is 11.8 Å². The summed E-state index contributed by atoms with van der Waals surface area (Å²) in [4.78, 5) is 13.4. The number of rotatable bonds is 3. The molecule has 1 aromatic carbocycles. The fourth-order valence-electron chi connectivity index (χ4n) is 3.43. The van der Waals surface area contributed by atoms with Crippen LogP contribution in [0.3, 0.4) is 0 Å². The molecule has 0 bridgehead atoms. The summed E-state index contributed by atoms with van der Waals surface area (Å²) in [6, 6.07) is 7.69. The van der Waals surface area contributed by atoms with Crippen LogP contribution in [0, 0.1) is 5.92 Å². The van der Waals surface area contributed by atoms with Crippen LogP contribution >= 0.6 is 11.8 Å². The summed E-state index contributed by atoms with van der Waals surface area (Å²) in [6.07, 6.45) is 2.61. The summed E-state index contributed by atoms with van der Waals surface area (Å²) in [5, 5.41) is 3.86. The van der Waals surface area contributed by atoms with Gasteiger partial charge < -0.3 is 20.5 Å². The quantitative estimate of drug-likeness (QED) is 0.856. The average Bonchev–Trinajstić information content (AvgIpc) is 2.78. The van der Waals surface area contributed by atoms with Gasteiger partial charge in [-0.15, -0.1) is 0 Å². The first-order valence-electron chi connectivity index (χ1n) is 8.48. The van der Waals surface area contributed by atoms with Crippen LogP contribution < -0.4 is 20.5 Å². The lowest BCUT2D eigenvalue weighted by molar-refractivity contribution is 0.271. The molecule has 3 N–H and O–H groups in total. The summed E-state index contributed by atoms with van der Waals surface area (Å²) in [6.45, 7) is 2.83. The Bertz CT molecular complexity index is 859. The first kappa shape index (κ1) is 17.0. The van der Waals surface area contributed by atoms with E-state index in [0.29, 0.717) is 29.5 Å². The average molecular weight is 371 g/mol. The van der Waals surface area contributed by atoms with Crippen molar-refractivity contribution in [1.29, 1.82) is 0 Å². The third kappa shape index (κ3) is 3.05. The van der Waals surface area contributed by atoms with E-state index in [4.69, 9.17) is 20.2 Å². The second kappa shape index (κ2) is 6.68. The molecule has 0 aliphatic carbocycles. The molecule has 0 amide bonds. The summed E-state index contributed by atoms with van der Waals surface area (Å²) >= 11 is 1.62. The van der Waals surface area contributed by atoms with E-state index in [9.17, 15) is 0 Å². The SMILES string of the molecule is COc1ccnc(Nc2ccc3c(c2)C2(C)N=C(N)SCC2CCO3)n1. The second-order valence-corrected chi connectivity index (χ2v) is 7.54. The van der Waals surface area contributed by atoms with Crippen molar-refractivity contribution in [2.45, 2.75) is 18.9 Å². The number of nitrogens with one attached hydrogen (secondary N) is 1. The molecule has 2 aliphatic heterocycles. The Morgan fingerprint density at radius 2 is 2.27 bits per heavy atom. The van der Waals surface area contributed by atoms with Gasteiger partial charge in [-0.3, -0.25) is 4.99 Å². The first-order valence-corrected chi connectivity index (χ1v) is 9.46. The number of thioether (sulfide) groups is 1. The number of hydrogen-bond acceptors (Lipinski definition) is 8. The van der Waals surface area contributed by atoms with Crippen LogP contribution in [-0.4, -0.2) is 34.6 Å². The highest BCUT2D eigenvalue weighted by atomic mass is 32.2. The highest BCUT2D eigenvalue weighted by Gasteiger charge is 2.42. The van der Waals surface area contributed by atoms with E-state index in [1.54, 1.807) is 31.1 Å². The molecule has 26 heavy (non-hydrogen) atoms. The summed E-state index contributed by atoms with van der Waals surface area (Å²) in [5.41, 5.74) is 7.56. The van der Waals surface area contributed by atoms with Gasteiger partial charge in [-0.25, -0.2) is 4.98 Å². The molecular formula is C18H21N5O2S. The predicted octanol–water partition coefficient (Wildman–Crippen LogP) is 2.90. The lowest BCUT2D eigenvalue weighted by Gasteiger charge is -2.36. The van der Waals surface area contributed by atoms with Crippen molar-refractivity contribution in [3.05, 3.63) is 36.0 Å². The minimum atomic E-state index is -0.395. The lowest BCUT2D eigenvalue weighted by atomic mass is 9.79. The summed E-state index contributed by atoms with van der Waals surface area (Å²) in [5.74, 6) is 3.17. The maximum Gasteiger partial charge on any atom is 0.230 e. The van der Waals surface area contributed by atoms with Crippen LogP contribution in [0.1, 0.15) is 18.9 Å². The monoisotopic (exact) mass is 371 g/mol. The Hall–Kier alpha value is -2.48. The Balaban J connectivity index is 1.72. The minimum absolute atomic E-state index is 0.379. The van der Waals surface area contributed by atoms with Gasteiger partial charge in [0.05, 0.1) is 19.3 Å². The Kier molecular flexibility index (Phi) is 4.36. The Labute approximate surface area is 156 Å². The third-order valence-corrected chi connectivity index (χ3v) is 5.87. The number of methoxy groups -OCH3 is 1. The van der Waals surface area contributed by atoms with E-state index >= 15 is 0 Å². The molecule has 2 atom stereocenters. The smallest absolute Gasteiger partial charge is 0.230 e. The first-order chi connectivity index (χ1) is 12.6. The number of aliphatic imine (C=N–C) groups is 1. The van der Waals surface area contributed by atoms with Gasteiger partial charge in [0.15, 0.2) is 5.17 Å². The highest BCUT2D eigenvalue weighted by molar-refractivity contribution is 8.13. The number of amidine groups is 1. The number of nitrogens with two attached hydrogens (primary N) is 1. The van der Waals surface area contributed by atoms with E-state index in [0.717, 1.165) is 29.2 Å². The minimum Gasteiger partial charge on any atom is -0.493 e. The van der Waals surface area contributed by atoms with Crippen LogP contribution in [-0.2, 0) is 5.54 Å². The predicted molar refractivity (Wildman–Crippen MR) is 103 cm³/mol. The van der Waals surface area contributed by atoms with Crippen molar-refractivity contribution >= 4 is 28.6 Å². The van der Waals surface area contributed by atoms with Crippen molar-refractivity contribution in [2.24, 2.45) is 16.6 Å². The number of nitrogens with zero attached hydrogens (tertiary/aromatic N) is 3. The zero-order valence-corrected chi connectivity index (χ0v) is 15.5. The van der Waals surface area contributed by atoms with Crippen LogP contribution in [0.4, 0.5) is 11.6 Å². The van der Waals surface area contributed by atoms with Gasteiger partial charge in [0, 0.05) is 35.2 Å². The van der Waals surface area contributed by atoms with Crippen molar-refractivity contribution in [2.75, 3.05) is 24.8 Å². The standard InChI is InChI=1S/C18H21N5O2S/c1-18-11(10-26-16(19)23-18)6-8-25-14-4-3-12(9-13(14)18)21-17-20-7-5-15(22-17)24-2/h3-5,7,9,11H,6,8,10H2,1-2H3,(H2,19,23)(H,20,21,22). The van der Waals surface area contributed by atoms with Crippen LogP contribution in [0.15, 0.2) is 35.5 Å². The largest absolute Gasteiger partial charge is 0.493 e. The number of ether oxygens (including phenoxy) is 2. The van der Waals surface area contributed by atoms with Crippen molar-refractivity contribution in [3.8, 4) is 11.6 Å². The molecule has 2 aromatic rings. The molecule has 0 fully saturated rings. The fraction of sp³-hybridized carbons (Fsp3) is 0.389. The molecule has 3 heterocycles. The molecule has 2 unspecified atom stereocenters. The summed E-state index contributed by atoms with van der Waals surface area (Å²) < 4.78 is 11.1. The molecular weight excluding hydrogens is 350 g/mol. The number of fused-ring (bicyclic) bond motifs is 3. The lowest BCUT2D eigenvalue weighted by Crippen LogP contribution is -2.37. The molecule has 1 aromatic heterocycles. The van der Waals surface area contributed by atoms with Crippen LogP contribution in [0.25, 0.3) is 0 Å². The van der Waals surface area contributed by atoms with Gasteiger partial charge >= 0.3 is 0 Å². The second-order valence-electron chi connectivity index (χ2n) is 6.50. The van der Waals surface area contributed by atoms with Crippen molar-refractivity contribution in [1.82, 2.24) is 9.97 Å². The molecule has 8 heteroatoms. The van der Waals surface area contributed by atoms with Gasteiger partial charge in [-0.05, 0) is 31.5 Å². The number of hydrogen-bond donors (Lipinski definition) is 2. The van der Waals surface area contributed by atoms with E-state index in [1.165, 1.54) is 0 Å². The summed E-state index contributed by atoms with van der Waals surface area (Å²) in [7, 11) is 1.58. The van der Waals surface area contributed by atoms with E-state index in [-0.39, 0.29) is 0 Å². The topological polar surface area (TPSA) is 94.7 Å². The van der Waals surface area contributed by atoms with Gasteiger partial charge in [0.2, 0.25) is 11.8 Å². The zero-order valence-electron chi connectivity index (χ0n) is 14.7. The molecule has 2 aliphatic rings. The van der Waals surface area contributed by atoms with Crippen molar-refractivity contribution < 1.29 is 9.47 Å². The third-order valence-electron chi connectivity index (χ3n) is 4.91. The van der Waals surface area contributed by atoms with Gasteiger partial charge in [0.1, 0.15) is 5.75 Å². The molecule has 136 valence electrons. The highest BCUT2D eigenvalue weighted by Crippen LogP contribution is 2.47. The number of anilines is 2. The molecule has 4 rings (SSSR count). The Morgan fingerprint density at radius 3 is 3.12 bits per heavy atom. The maximum absolute atomic E-state index is 6.05. The number of aromatic nitrogens is 2. The molecule has 7 nitrogen and oxygen atoms in total. The van der Waals surface area contributed by atoms with Crippen LogP contribution in [0.5, 0.6) is 11.6 Å². The fourth-order valence-corrected chi connectivity index (χ4v) is 4.55. The van der Waals surface area contributed by atoms with E-state index in [2.05, 4.69) is 28.3 Å².